The molecule has 0 bridgehead atoms. The Balaban J connectivity index is 3.13. The average molecular weight is 474 g/mol. The van der Waals surface area contributed by atoms with Crippen molar-refractivity contribution in [2.75, 3.05) is 19.6 Å². The van der Waals surface area contributed by atoms with E-state index < -0.39 is 20.8 Å². The van der Waals surface area contributed by atoms with Gasteiger partial charge in [0.2, 0.25) is 0 Å². The zero-order valence-corrected chi connectivity index (χ0v) is 19.0. The molecule has 1 rings (SSSR count). The summed E-state index contributed by atoms with van der Waals surface area (Å²) in [5.41, 5.74) is 1.61. The van der Waals surface area contributed by atoms with Gasteiger partial charge in [0, 0.05) is 0 Å². The van der Waals surface area contributed by atoms with Gasteiger partial charge < -0.3 is 0 Å². The summed E-state index contributed by atoms with van der Waals surface area (Å²) >= 11 is -3.05. The molecule has 3 N–H and O–H groups in total. The second kappa shape index (κ2) is 10.9. The molecule has 1 aliphatic carbocycles. The molecule has 0 aliphatic heterocycles. The van der Waals surface area contributed by atoms with Crippen LogP contribution in [0.25, 0.3) is 0 Å². The van der Waals surface area contributed by atoms with Gasteiger partial charge in [0.1, 0.15) is 0 Å². The van der Waals surface area contributed by atoms with Crippen LogP contribution in [0, 0.1) is 5.92 Å². The molecule has 128 valence electrons. The Labute approximate surface area is 143 Å². The van der Waals surface area contributed by atoms with Crippen LogP contribution in [-0.4, -0.2) is 19.6 Å². The van der Waals surface area contributed by atoms with Crippen LogP contribution in [0.3, 0.4) is 0 Å². The minimum absolute atomic E-state index is 0.670. The Kier molecular flexibility index (Phi) is 10.0. The third-order valence-corrected chi connectivity index (χ3v) is 17.9. The topological polar surface area (TPSA) is 36.1 Å². The van der Waals surface area contributed by atoms with Crippen molar-refractivity contribution < 1.29 is 20.8 Å². The fraction of sp³-hybridized carbons (Fsp3) is 0.778. The van der Waals surface area contributed by atoms with Crippen molar-refractivity contribution in [1.29, 1.82) is 0 Å². The van der Waals surface area contributed by atoms with Crippen LogP contribution in [0.2, 0.25) is 0 Å². The van der Waals surface area contributed by atoms with E-state index in [0.29, 0.717) is 5.92 Å². The first-order valence-corrected chi connectivity index (χ1v) is 16.5. The molecule has 0 heterocycles. The van der Waals surface area contributed by atoms with Crippen LogP contribution in [0.1, 0.15) is 66.7 Å². The summed E-state index contributed by atoms with van der Waals surface area (Å²) in [6, 6.07) is 0. The molecule has 0 radical (unpaired) electrons. The third kappa shape index (κ3) is 5.40. The number of allylic oxidation sites excluding steroid dienone is 4. The van der Waals surface area contributed by atoms with Gasteiger partial charge in [-0.05, 0) is 0 Å². The van der Waals surface area contributed by atoms with Gasteiger partial charge in [-0.3, -0.25) is 0 Å². The molecule has 0 aromatic carbocycles. The van der Waals surface area contributed by atoms with Crippen LogP contribution in [0.15, 0.2) is 21.1 Å². The maximum atomic E-state index is 4.01. The van der Waals surface area contributed by atoms with E-state index in [1.165, 1.54) is 25.7 Å². The first kappa shape index (κ1) is 20.3. The summed E-state index contributed by atoms with van der Waals surface area (Å²) in [4.78, 5) is 0. The molecule has 0 aromatic heterocycles. The summed E-state index contributed by atoms with van der Waals surface area (Å²) in [6.45, 7) is 14.8. The van der Waals surface area contributed by atoms with Gasteiger partial charge >= 0.3 is 144 Å². The zero-order chi connectivity index (χ0) is 16.4. The van der Waals surface area contributed by atoms with Crippen LogP contribution in [0.4, 0.5) is 0 Å². The van der Waals surface area contributed by atoms with Crippen molar-refractivity contribution in [3.63, 3.8) is 0 Å². The summed E-state index contributed by atoms with van der Waals surface area (Å²) in [6.07, 6.45) is 10.7. The van der Waals surface area contributed by atoms with E-state index in [-0.39, 0.29) is 0 Å². The van der Waals surface area contributed by atoms with Crippen molar-refractivity contribution in [3.8, 4) is 0 Å². The third-order valence-electron chi connectivity index (χ3n) is 4.48. The van der Waals surface area contributed by atoms with E-state index in [2.05, 4.69) is 56.7 Å². The van der Waals surface area contributed by atoms with Crippen LogP contribution < -0.4 is 9.91 Å². The van der Waals surface area contributed by atoms with Gasteiger partial charge in [0.25, 0.3) is 0 Å². The van der Waals surface area contributed by atoms with Gasteiger partial charge in [0.05, 0.1) is 0 Å². The fourth-order valence-corrected chi connectivity index (χ4v) is 17.7. The molecule has 1 atom stereocenters. The molecule has 0 saturated heterocycles. The molecule has 0 amide bonds. The molecular weight excluding hydrogens is 437 g/mol. The molecule has 4 heteroatoms. The summed E-state index contributed by atoms with van der Waals surface area (Å²) in [5, 5.41) is 0. The molecular formula is C18H37HfN3. The van der Waals surface area contributed by atoms with Crippen LogP contribution in [0.5, 0.6) is 0 Å². The second-order valence-corrected chi connectivity index (χ2v) is 17.7. The molecule has 3 nitrogen and oxygen atoms in total. The normalized spacial score (nSPS) is 16.6. The monoisotopic (exact) mass is 475 g/mol. The van der Waals surface area contributed by atoms with Crippen molar-refractivity contribution in [1.82, 2.24) is 9.91 Å². The number of rotatable bonds is 12. The quantitative estimate of drug-likeness (QED) is 0.373. The SMILES string of the molecule is CCC[NH][Hf]([NH]CCC)([NH]CCC)[C]1=C(C(C)CC)C=CC1. The summed E-state index contributed by atoms with van der Waals surface area (Å²) < 4.78 is 13.7. The van der Waals surface area contributed by atoms with Crippen LogP contribution in [-0.2, 0) is 20.8 Å². The van der Waals surface area contributed by atoms with E-state index in [1.54, 1.807) is 8.90 Å². The predicted octanol–water partition coefficient (Wildman–Crippen LogP) is 4.14. The first-order valence-electron chi connectivity index (χ1n) is 9.30. The molecule has 22 heavy (non-hydrogen) atoms. The van der Waals surface area contributed by atoms with E-state index in [9.17, 15) is 0 Å². The van der Waals surface area contributed by atoms with Gasteiger partial charge in [0.15, 0.2) is 0 Å². The van der Waals surface area contributed by atoms with Gasteiger partial charge in [-0.25, -0.2) is 0 Å². The van der Waals surface area contributed by atoms with Crippen molar-refractivity contribution in [2.45, 2.75) is 66.7 Å². The van der Waals surface area contributed by atoms with Gasteiger partial charge in [-0.1, -0.05) is 0 Å². The zero-order valence-electron chi connectivity index (χ0n) is 15.4. The first-order chi connectivity index (χ1) is 10.6. The Morgan fingerprint density at radius 3 is 1.86 bits per heavy atom. The van der Waals surface area contributed by atoms with Gasteiger partial charge in [-0.2, -0.15) is 0 Å². The molecule has 1 unspecified atom stereocenters. The fourth-order valence-electron chi connectivity index (χ4n) is 3.02. The summed E-state index contributed by atoms with van der Waals surface area (Å²) in [5.74, 6) is 0.670. The number of hydrogen-bond acceptors (Lipinski definition) is 3. The Morgan fingerprint density at radius 2 is 1.45 bits per heavy atom. The maximum absolute atomic E-state index is 4.01. The Bertz CT molecular complexity index is 355. The number of hydrogen-bond donors (Lipinski definition) is 3. The molecule has 0 aromatic rings. The second-order valence-electron chi connectivity index (χ2n) is 6.38. The standard InChI is InChI=1S/C9H13.3C3H8N.Hf/c1-3-8(2)9-6-4-5-7-9;3*1-2-3-4;/h4,6,8H,3,5H2,1-2H3;3*4H,2-3H2,1H3;/q;3*-1;+3. The van der Waals surface area contributed by atoms with Crippen LogP contribution >= 0.6 is 0 Å². The van der Waals surface area contributed by atoms with Gasteiger partial charge in [-0.15, -0.1) is 0 Å². The average Bonchev–Trinajstić information content (AvgIpc) is 3.04. The minimum atomic E-state index is -3.05. The number of nitrogens with one attached hydrogen (secondary N) is 3. The molecule has 0 saturated carbocycles. The summed E-state index contributed by atoms with van der Waals surface area (Å²) in [7, 11) is 0. The Morgan fingerprint density at radius 1 is 0.955 bits per heavy atom. The van der Waals surface area contributed by atoms with E-state index in [4.69, 9.17) is 0 Å². The molecule has 0 fully saturated rings. The molecule has 1 aliphatic rings. The van der Waals surface area contributed by atoms with E-state index >= 15 is 0 Å². The molecule has 0 spiro atoms. The Hall–Kier alpha value is 0.230. The van der Waals surface area contributed by atoms with E-state index in [0.717, 1.165) is 26.1 Å². The predicted molar refractivity (Wildman–Crippen MR) is 95.1 cm³/mol. The van der Waals surface area contributed by atoms with E-state index in [1.807, 2.05) is 0 Å². The van der Waals surface area contributed by atoms with Crippen molar-refractivity contribution in [2.24, 2.45) is 5.92 Å². The van der Waals surface area contributed by atoms with Crippen molar-refractivity contribution in [3.05, 3.63) is 21.1 Å². The van der Waals surface area contributed by atoms with Crippen molar-refractivity contribution >= 4 is 0 Å².